The van der Waals surface area contributed by atoms with Crippen LogP contribution in [0.15, 0.2) is 48.0 Å². The van der Waals surface area contributed by atoms with Crippen molar-refractivity contribution in [2.24, 2.45) is 0 Å². The van der Waals surface area contributed by atoms with Crippen molar-refractivity contribution in [2.75, 3.05) is 12.0 Å². The minimum absolute atomic E-state index is 0.126. The summed E-state index contributed by atoms with van der Waals surface area (Å²) in [6.45, 7) is 0. The fraction of sp³-hybridized carbons (Fsp3) is 0.105. The number of hydrogen-bond donors (Lipinski definition) is 1. The molecule has 0 atom stereocenters. The van der Waals surface area contributed by atoms with Crippen molar-refractivity contribution in [3.63, 3.8) is 0 Å². The Kier molecular flexibility index (Phi) is 5.63. The van der Waals surface area contributed by atoms with Crippen LogP contribution in [0.2, 0.25) is 5.02 Å². The minimum Gasteiger partial charge on any atom is -0.496 e. The first kappa shape index (κ1) is 20.8. The summed E-state index contributed by atoms with van der Waals surface area (Å²) in [4.78, 5) is 26.1. The van der Waals surface area contributed by atoms with Crippen molar-refractivity contribution in [1.29, 1.82) is 0 Å². The lowest BCUT2D eigenvalue weighted by molar-refractivity contribution is -0.137. The molecule has 0 saturated carbocycles. The SMILES string of the molecule is COc1ccc(Cl)cc1/C=C1\C(=O)NC(=S)N(c2cccc(C(F)(F)F)c2)C1=O. The smallest absolute Gasteiger partial charge is 0.416 e. The number of thiocarbonyl (C=S) groups is 1. The predicted molar refractivity (Wildman–Crippen MR) is 106 cm³/mol. The van der Waals surface area contributed by atoms with E-state index in [0.29, 0.717) is 16.3 Å². The number of nitrogens with one attached hydrogen (secondary N) is 1. The molecule has 29 heavy (non-hydrogen) atoms. The predicted octanol–water partition coefficient (Wildman–Crippen LogP) is 4.20. The fourth-order valence-corrected chi connectivity index (χ4v) is 3.15. The van der Waals surface area contributed by atoms with E-state index in [4.69, 9.17) is 28.6 Å². The molecule has 1 fully saturated rings. The summed E-state index contributed by atoms with van der Waals surface area (Å²) in [6.07, 6.45) is -3.36. The van der Waals surface area contributed by atoms with E-state index in [9.17, 15) is 22.8 Å². The van der Waals surface area contributed by atoms with Crippen LogP contribution in [0.3, 0.4) is 0 Å². The number of ether oxygens (including phenoxy) is 1. The van der Waals surface area contributed by atoms with Gasteiger partial charge in [-0.3, -0.25) is 19.8 Å². The molecule has 1 aliphatic heterocycles. The van der Waals surface area contributed by atoms with E-state index in [0.717, 1.165) is 23.1 Å². The zero-order valence-corrected chi connectivity index (χ0v) is 16.3. The average Bonchev–Trinajstić information content (AvgIpc) is 2.65. The molecule has 0 bridgehead atoms. The van der Waals surface area contributed by atoms with Crippen LogP contribution in [-0.4, -0.2) is 24.0 Å². The highest BCUT2D eigenvalue weighted by atomic mass is 35.5. The van der Waals surface area contributed by atoms with Crippen molar-refractivity contribution >= 4 is 52.5 Å². The van der Waals surface area contributed by atoms with Gasteiger partial charge < -0.3 is 4.74 Å². The van der Waals surface area contributed by atoms with Crippen LogP contribution in [-0.2, 0) is 15.8 Å². The first-order valence-electron chi connectivity index (χ1n) is 8.04. The lowest BCUT2D eigenvalue weighted by atomic mass is 10.1. The molecule has 1 saturated heterocycles. The van der Waals surface area contributed by atoms with Gasteiger partial charge in [-0.2, -0.15) is 13.2 Å². The quantitative estimate of drug-likeness (QED) is 0.441. The Morgan fingerprint density at radius 1 is 1.17 bits per heavy atom. The van der Waals surface area contributed by atoms with Crippen LogP contribution in [0.25, 0.3) is 6.08 Å². The molecule has 0 spiro atoms. The van der Waals surface area contributed by atoms with E-state index in [1.807, 2.05) is 0 Å². The lowest BCUT2D eigenvalue weighted by Gasteiger charge is -2.29. The van der Waals surface area contributed by atoms with Gasteiger partial charge in [0.25, 0.3) is 11.8 Å². The molecule has 0 unspecified atom stereocenters. The molecule has 0 aliphatic carbocycles. The van der Waals surface area contributed by atoms with Gasteiger partial charge in [0.2, 0.25) is 0 Å². The highest BCUT2D eigenvalue weighted by Crippen LogP contribution is 2.33. The second-order valence-electron chi connectivity index (χ2n) is 5.89. The largest absolute Gasteiger partial charge is 0.496 e. The molecule has 2 aromatic carbocycles. The van der Waals surface area contributed by atoms with Gasteiger partial charge in [-0.1, -0.05) is 17.7 Å². The molecule has 1 N–H and O–H groups in total. The number of carbonyl (C=O) groups is 2. The maximum Gasteiger partial charge on any atom is 0.416 e. The molecule has 10 heteroatoms. The third-order valence-corrected chi connectivity index (χ3v) is 4.54. The van der Waals surface area contributed by atoms with Gasteiger partial charge >= 0.3 is 6.18 Å². The summed E-state index contributed by atoms with van der Waals surface area (Å²) in [5, 5.41) is 2.33. The van der Waals surface area contributed by atoms with E-state index in [2.05, 4.69) is 5.32 Å². The van der Waals surface area contributed by atoms with E-state index in [-0.39, 0.29) is 16.4 Å². The van der Waals surface area contributed by atoms with E-state index in [1.165, 1.54) is 25.3 Å². The standard InChI is InChI=1S/C19H12ClF3N2O3S/c1-28-15-6-5-12(20)7-10(15)8-14-16(26)24-18(29)25(17(14)27)13-4-2-3-11(9-13)19(21,22)23/h2-9H,1H3,(H,24,26,29)/b14-8+. The number of rotatable bonds is 3. The topological polar surface area (TPSA) is 58.6 Å². The summed E-state index contributed by atoms with van der Waals surface area (Å²) in [7, 11) is 1.40. The van der Waals surface area contributed by atoms with Gasteiger partial charge in [0.1, 0.15) is 11.3 Å². The number of amides is 2. The van der Waals surface area contributed by atoms with Crippen molar-refractivity contribution in [3.05, 3.63) is 64.2 Å². The molecule has 2 aromatic rings. The maximum absolute atomic E-state index is 13.0. The number of carbonyl (C=O) groups excluding carboxylic acids is 2. The molecule has 150 valence electrons. The fourth-order valence-electron chi connectivity index (χ4n) is 2.69. The highest BCUT2D eigenvalue weighted by Gasteiger charge is 2.36. The number of alkyl halides is 3. The molecule has 1 aliphatic rings. The molecular formula is C19H12ClF3N2O3S. The summed E-state index contributed by atoms with van der Waals surface area (Å²) in [5.74, 6) is -1.31. The Balaban J connectivity index is 2.07. The molecule has 0 radical (unpaired) electrons. The summed E-state index contributed by atoms with van der Waals surface area (Å²) >= 11 is 11.0. The second-order valence-corrected chi connectivity index (χ2v) is 6.72. The Labute approximate surface area is 173 Å². The van der Waals surface area contributed by atoms with E-state index >= 15 is 0 Å². The maximum atomic E-state index is 13.0. The Morgan fingerprint density at radius 2 is 1.90 bits per heavy atom. The van der Waals surface area contributed by atoms with Crippen molar-refractivity contribution < 1.29 is 27.5 Å². The number of methoxy groups -OCH3 is 1. The number of hydrogen-bond acceptors (Lipinski definition) is 4. The van der Waals surface area contributed by atoms with Crippen molar-refractivity contribution in [3.8, 4) is 5.75 Å². The number of benzene rings is 2. The third-order valence-electron chi connectivity index (χ3n) is 4.02. The Hall–Kier alpha value is -2.91. The molecule has 5 nitrogen and oxygen atoms in total. The second kappa shape index (κ2) is 7.84. The Bertz CT molecular complexity index is 1050. The zero-order valence-electron chi connectivity index (χ0n) is 14.7. The Morgan fingerprint density at radius 3 is 2.55 bits per heavy atom. The van der Waals surface area contributed by atoms with Crippen LogP contribution >= 0.6 is 23.8 Å². The van der Waals surface area contributed by atoms with Crippen molar-refractivity contribution in [1.82, 2.24) is 5.32 Å². The van der Waals surface area contributed by atoms with Crippen LogP contribution in [0.1, 0.15) is 11.1 Å². The van der Waals surface area contributed by atoms with Gasteiger partial charge in [0.15, 0.2) is 5.11 Å². The van der Waals surface area contributed by atoms with E-state index < -0.39 is 23.6 Å². The van der Waals surface area contributed by atoms with Crippen LogP contribution in [0.4, 0.5) is 18.9 Å². The van der Waals surface area contributed by atoms with Crippen molar-refractivity contribution in [2.45, 2.75) is 6.18 Å². The monoisotopic (exact) mass is 440 g/mol. The number of halogens is 4. The van der Waals surface area contributed by atoms with Gasteiger partial charge in [0.05, 0.1) is 18.4 Å². The summed E-state index contributed by atoms with van der Waals surface area (Å²) < 4.78 is 44.3. The highest BCUT2D eigenvalue weighted by molar-refractivity contribution is 7.80. The van der Waals surface area contributed by atoms with Gasteiger partial charge in [-0.15, -0.1) is 0 Å². The molecule has 2 amide bonds. The zero-order chi connectivity index (χ0) is 21.3. The summed E-state index contributed by atoms with van der Waals surface area (Å²) in [6, 6.07) is 8.68. The normalized spacial score (nSPS) is 16.2. The molecule has 3 rings (SSSR count). The molecule has 1 heterocycles. The van der Waals surface area contributed by atoms with Gasteiger partial charge in [-0.25, -0.2) is 0 Å². The number of anilines is 1. The van der Waals surface area contributed by atoms with E-state index in [1.54, 1.807) is 12.1 Å². The lowest BCUT2D eigenvalue weighted by Crippen LogP contribution is -2.54. The average molecular weight is 441 g/mol. The number of nitrogens with zero attached hydrogens (tertiary/aromatic N) is 1. The first-order valence-corrected chi connectivity index (χ1v) is 8.82. The molecular weight excluding hydrogens is 429 g/mol. The van der Waals surface area contributed by atoms with Gasteiger partial charge in [0, 0.05) is 10.6 Å². The van der Waals surface area contributed by atoms with Crippen LogP contribution in [0.5, 0.6) is 5.75 Å². The molecule has 0 aromatic heterocycles. The van der Waals surface area contributed by atoms with Crippen LogP contribution < -0.4 is 15.0 Å². The first-order chi connectivity index (χ1) is 13.6. The third kappa shape index (κ3) is 4.25. The summed E-state index contributed by atoms with van der Waals surface area (Å²) in [5.41, 5.74) is -1.07. The van der Waals surface area contributed by atoms with Crippen LogP contribution in [0, 0.1) is 0 Å². The minimum atomic E-state index is -4.60. The van der Waals surface area contributed by atoms with Gasteiger partial charge in [-0.05, 0) is 54.7 Å².